The quantitative estimate of drug-likeness (QED) is 0.908. The summed E-state index contributed by atoms with van der Waals surface area (Å²) in [7, 11) is 0. The molecule has 2 fully saturated rings. The predicted molar refractivity (Wildman–Crippen MR) is 91.0 cm³/mol. The fraction of sp³-hybridized carbons (Fsp3) is 0.500. The van der Waals surface area contributed by atoms with Gasteiger partial charge < -0.3 is 14.4 Å². The van der Waals surface area contributed by atoms with Crippen LogP contribution in [0.25, 0.3) is 0 Å². The van der Waals surface area contributed by atoms with Gasteiger partial charge >= 0.3 is 5.97 Å². The minimum absolute atomic E-state index is 0.0475. The summed E-state index contributed by atoms with van der Waals surface area (Å²) in [6.45, 7) is 3.52. The van der Waals surface area contributed by atoms with Gasteiger partial charge in [-0.2, -0.15) is 0 Å². The van der Waals surface area contributed by atoms with Gasteiger partial charge in [0.25, 0.3) is 0 Å². The predicted octanol–water partition coefficient (Wildman–Crippen LogP) is 1.87. The van der Waals surface area contributed by atoms with Crippen LogP contribution < -0.4 is 4.90 Å². The monoisotopic (exact) mass is 342 g/mol. The van der Waals surface area contributed by atoms with Gasteiger partial charge in [-0.25, -0.2) is 9.97 Å². The lowest BCUT2D eigenvalue weighted by Gasteiger charge is -2.29. The summed E-state index contributed by atoms with van der Waals surface area (Å²) in [5, 5.41) is 10.0. The first-order valence-electron chi connectivity index (χ1n) is 8.67. The number of fused-ring (bicyclic) bond motifs is 1. The van der Waals surface area contributed by atoms with E-state index in [-0.39, 0.29) is 5.92 Å². The molecule has 0 aromatic carbocycles. The van der Waals surface area contributed by atoms with Crippen molar-refractivity contribution in [3.8, 4) is 0 Å². The Balaban J connectivity index is 1.56. The Morgan fingerprint density at radius 1 is 1.32 bits per heavy atom. The Bertz CT molecular complexity index is 721. The SMILES string of the molecule is O=C(O)[C@]12CCCN(Cc3ccco3)C[C@H]1CN(c1ncccn1)C2. The van der Waals surface area contributed by atoms with Crippen molar-refractivity contribution in [1.82, 2.24) is 14.9 Å². The molecule has 7 nitrogen and oxygen atoms in total. The Morgan fingerprint density at radius 3 is 2.88 bits per heavy atom. The van der Waals surface area contributed by atoms with Crippen LogP contribution in [0.15, 0.2) is 41.3 Å². The van der Waals surface area contributed by atoms with Crippen molar-refractivity contribution in [2.75, 3.05) is 31.1 Å². The Kier molecular flexibility index (Phi) is 4.17. The van der Waals surface area contributed by atoms with Crippen molar-refractivity contribution < 1.29 is 14.3 Å². The molecule has 2 aliphatic rings. The van der Waals surface area contributed by atoms with Crippen molar-refractivity contribution in [2.24, 2.45) is 11.3 Å². The molecule has 1 N–H and O–H groups in total. The molecule has 132 valence electrons. The van der Waals surface area contributed by atoms with Crippen LogP contribution in [0.1, 0.15) is 18.6 Å². The lowest BCUT2D eigenvalue weighted by Crippen LogP contribution is -2.41. The number of anilines is 1. The van der Waals surface area contributed by atoms with E-state index in [0.29, 0.717) is 25.5 Å². The normalized spacial score (nSPS) is 27.0. The smallest absolute Gasteiger partial charge is 0.311 e. The first-order valence-corrected chi connectivity index (χ1v) is 8.67. The molecule has 7 heteroatoms. The van der Waals surface area contributed by atoms with Crippen LogP contribution in [0, 0.1) is 11.3 Å². The van der Waals surface area contributed by atoms with E-state index in [4.69, 9.17) is 4.42 Å². The standard InChI is InChI=1S/C18H22N4O3/c23-16(24)18-5-2-8-21(12-15-4-1-9-25-15)10-14(18)11-22(13-18)17-19-6-3-7-20-17/h1,3-4,6-7,9,14H,2,5,8,10-13H2,(H,23,24)/t14-,18-/m0/s1. The number of nitrogens with zero attached hydrogens (tertiary/aromatic N) is 4. The fourth-order valence-corrected chi connectivity index (χ4v) is 4.23. The van der Waals surface area contributed by atoms with Crippen LogP contribution in [-0.2, 0) is 11.3 Å². The highest BCUT2D eigenvalue weighted by atomic mass is 16.4. The van der Waals surface area contributed by atoms with Crippen molar-refractivity contribution >= 4 is 11.9 Å². The molecule has 25 heavy (non-hydrogen) atoms. The van der Waals surface area contributed by atoms with Gasteiger partial charge in [-0.05, 0) is 37.6 Å². The number of hydrogen-bond donors (Lipinski definition) is 1. The van der Waals surface area contributed by atoms with Crippen molar-refractivity contribution in [3.63, 3.8) is 0 Å². The van der Waals surface area contributed by atoms with Crippen LogP contribution in [0.3, 0.4) is 0 Å². The highest BCUT2D eigenvalue weighted by molar-refractivity contribution is 5.77. The fourth-order valence-electron chi connectivity index (χ4n) is 4.23. The molecule has 4 rings (SSSR count). The summed E-state index contributed by atoms with van der Waals surface area (Å²) in [5.41, 5.74) is -0.725. The molecule has 0 spiro atoms. The molecule has 2 aliphatic heterocycles. The number of likely N-dealkylation sites (tertiary alicyclic amines) is 1. The van der Waals surface area contributed by atoms with E-state index in [1.54, 1.807) is 24.7 Å². The number of carboxylic acids is 1. The summed E-state index contributed by atoms with van der Waals surface area (Å²) >= 11 is 0. The van der Waals surface area contributed by atoms with Crippen LogP contribution >= 0.6 is 0 Å². The maximum absolute atomic E-state index is 12.2. The van der Waals surface area contributed by atoms with Crippen LogP contribution in [0.5, 0.6) is 0 Å². The maximum Gasteiger partial charge on any atom is 0.311 e. The number of carboxylic acid groups (broad SMARTS) is 1. The third kappa shape index (κ3) is 3.00. The zero-order chi connectivity index (χ0) is 17.3. The summed E-state index contributed by atoms with van der Waals surface area (Å²) in [6, 6.07) is 5.63. The molecule has 0 unspecified atom stereocenters. The lowest BCUT2D eigenvalue weighted by molar-refractivity contribution is -0.150. The first kappa shape index (κ1) is 16.1. The van der Waals surface area contributed by atoms with Crippen LogP contribution in [-0.4, -0.2) is 52.1 Å². The molecule has 0 saturated carbocycles. The third-order valence-corrected chi connectivity index (χ3v) is 5.49. The minimum atomic E-state index is -0.725. The molecule has 2 aromatic heterocycles. The molecule has 0 aliphatic carbocycles. The van der Waals surface area contributed by atoms with E-state index < -0.39 is 11.4 Å². The van der Waals surface area contributed by atoms with Crippen molar-refractivity contribution in [3.05, 3.63) is 42.6 Å². The van der Waals surface area contributed by atoms with Gasteiger partial charge in [0, 0.05) is 37.9 Å². The molecule has 0 amide bonds. The van der Waals surface area contributed by atoms with E-state index in [2.05, 4.69) is 14.9 Å². The molecule has 4 heterocycles. The van der Waals surface area contributed by atoms with Gasteiger partial charge in [-0.3, -0.25) is 9.69 Å². The molecule has 0 radical (unpaired) electrons. The highest BCUT2D eigenvalue weighted by Crippen LogP contribution is 2.43. The minimum Gasteiger partial charge on any atom is -0.481 e. The average molecular weight is 342 g/mol. The Morgan fingerprint density at radius 2 is 2.16 bits per heavy atom. The van der Waals surface area contributed by atoms with E-state index in [0.717, 1.165) is 31.8 Å². The van der Waals surface area contributed by atoms with Crippen molar-refractivity contribution in [2.45, 2.75) is 19.4 Å². The number of aromatic nitrogens is 2. The largest absolute Gasteiger partial charge is 0.481 e. The summed E-state index contributed by atoms with van der Waals surface area (Å²) in [4.78, 5) is 25.1. The average Bonchev–Trinajstić information content (AvgIpc) is 3.21. The van der Waals surface area contributed by atoms with Gasteiger partial charge in [0.05, 0.1) is 18.2 Å². The van der Waals surface area contributed by atoms with Gasteiger partial charge in [-0.15, -0.1) is 0 Å². The summed E-state index contributed by atoms with van der Waals surface area (Å²) in [5.74, 6) is 0.889. The molecular weight excluding hydrogens is 320 g/mol. The molecular formula is C18H22N4O3. The Hall–Kier alpha value is -2.41. The number of rotatable bonds is 4. The summed E-state index contributed by atoms with van der Waals surface area (Å²) < 4.78 is 5.46. The molecule has 2 saturated heterocycles. The zero-order valence-electron chi connectivity index (χ0n) is 14.0. The second-order valence-corrected chi connectivity index (χ2v) is 7.01. The molecule has 2 aromatic rings. The van der Waals surface area contributed by atoms with Crippen molar-refractivity contribution in [1.29, 1.82) is 0 Å². The van der Waals surface area contributed by atoms with Gasteiger partial charge in [0.1, 0.15) is 5.76 Å². The zero-order valence-corrected chi connectivity index (χ0v) is 14.0. The topological polar surface area (TPSA) is 82.7 Å². The molecule has 0 bridgehead atoms. The van der Waals surface area contributed by atoms with E-state index in [9.17, 15) is 9.90 Å². The number of aliphatic carboxylic acids is 1. The second kappa shape index (κ2) is 6.48. The number of carbonyl (C=O) groups is 1. The first-order chi connectivity index (χ1) is 12.2. The number of furan rings is 1. The maximum atomic E-state index is 12.2. The Labute approximate surface area is 146 Å². The van der Waals surface area contributed by atoms with E-state index >= 15 is 0 Å². The highest BCUT2D eigenvalue weighted by Gasteiger charge is 2.53. The molecule has 2 atom stereocenters. The lowest BCUT2D eigenvalue weighted by atomic mass is 9.75. The van der Waals surface area contributed by atoms with E-state index in [1.807, 2.05) is 17.0 Å². The number of hydrogen-bond acceptors (Lipinski definition) is 6. The van der Waals surface area contributed by atoms with E-state index in [1.165, 1.54) is 0 Å². The van der Waals surface area contributed by atoms with Gasteiger partial charge in [0.15, 0.2) is 0 Å². The van der Waals surface area contributed by atoms with Crippen LogP contribution in [0.2, 0.25) is 0 Å². The third-order valence-electron chi connectivity index (χ3n) is 5.49. The second-order valence-electron chi connectivity index (χ2n) is 7.01. The van der Waals surface area contributed by atoms with Gasteiger partial charge in [-0.1, -0.05) is 0 Å². The summed E-state index contributed by atoms with van der Waals surface area (Å²) in [6.07, 6.45) is 6.64. The van der Waals surface area contributed by atoms with Gasteiger partial charge in [0.2, 0.25) is 5.95 Å². The van der Waals surface area contributed by atoms with Crippen LogP contribution in [0.4, 0.5) is 5.95 Å².